The number of rotatable bonds is 7. The fourth-order valence-electron chi connectivity index (χ4n) is 3.71. The lowest BCUT2D eigenvalue weighted by Gasteiger charge is -2.17. The molecule has 0 unspecified atom stereocenters. The van der Waals surface area contributed by atoms with E-state index in [0.29, 0.717) is 27.6 Å². The highest BCUT2D eigenvalue weighted by Gasteiger charge is 2.39. The second-order valence-electron chi connectivity index (χ2n) is 7.83. The topological polar surface area (TPSA) is 61.9 Å². The monoisotopic (exact) mass is 461 g/mol. The van der Waals surface area contributed by atoms with Crippen LogP contribution in [-0.4, -0.2) is 37.9 Å². The van der Waals surface area contributed by atoms with Crippen molar-refractivity contribution in [3.05, 3.63) is 94.6 Å². The number of para-hydroxylation sites is 1. The van der Waals surface area contributed by atoms with Gasteiger partial charge in [0, 0.05) is 36.1 Å². The van der Waals surface area contributed by atoms with Crippen molar-refractivity contribution >= 4 is 40.4 Å². The van der Waals surface area contributed by atoms with Crippen LogP contribution in [0.5, 0.6) is 5.75 Å². The fraction of sp³-hybridized carbons (Fsp3) is 0.154. The van der Waals surface area contributed by atoms with Crippen LogP contribution in [0.25, 0.3) is 5.57 Å². The maximum Gasteiger partial charge on any atom is 0.278 e. The van der Waals surface area contributed by atoms with Crippen LogP contribution < -0.4 is 15.0 Å². The van der Waals surface area contributed by atoms with Gasteiger partial charge in [0.2, 0.25) is 0 Å². The molecular formula is C26H24ClN3O3. The highest BCUT2D eigenvalue weighted by molar-refractivity contribution is 6.36. The molecule has 0 saturated carbocycles. The molecule has 0 saturated heterocycles. The Morgan fingerprint density at radius 2 is 1.58 bits per heavy atom. The Morgan fingerprint density at radius 1 is 0.909 bits per heavy atom. The van der Waals surface area contributed by atoms with Crippen LogP contribution in [0.3, 0.4) is 0 Å². The molecule has 7 heteroatoms. The van der Waals surface area contributed by atoms with E-state index in [4.69, 9.17) is 16.3 Å². The number of carbonyl (C=O) groups is 2. The van der Waals surface area contributed by atoms with Crippen molar-refractivity contribution < 1.29 is 14.3 Å². The van der Waals surface area contributed by atoms with E-state index in [9.17, 15) is 9.59 Å². The predicted molar refractivity (Wildman–Crippen MR) is 131 cm³/mol. The minimum absolute atomic E-state index is 0.101. The van der Waals surface area contributed by atoms with E-state index in [1.807, 2.05) is 61.5 Å². The quantitative estimate of drug-likeness (QED) is 0.512. The molecule has 2 amide bonds. The van der Waals surface area contributed by atoms with Crippen LogP contribution in [0, 0.1) is 0 Å². The lowest BCUT2D eigenvalue weighted by molar-refractivity contribution is -0.137. The number of halogens is 1. The second kappa shape index (κ2) is 9.38. The van der Waals surface area contributed by atoms with Crippen molar-refractivity contribution in [1.82, 2.24) is 4.90 Å². The number of amides is 2. The second-order valence-corrected chi connectivity index (χ2v) is 8.27. The molecule has 6 nitrogen and oxygen atoms in total. The van der Waals surface area contributed by atoms with Crippen molar-refractivity contribution in [1.29, 1.82) is 0 Å². The highest BCUT2D eigenvalue weighted by Crippen LogP contribution is 2.33. The summed E-state index contributed by atoms with van der Waals surface area (Å²) in [4.78, 5) is 30.2. The Bertz CT molecular complexity index is 1220. The smallest absolute Gasteiger partial charge is 0.278 e. The summed E-state index contributed by atoms with van der Waals surface area (Å²) in [7, 11) is 5.48. The largest absolute Gasteiger partial charge is 0.496 e. The molecule has 33 heavy (non-hydrogen) atoms. The molecule has 1 N–H and O–H groups in total. The average molecular weight is 462 g/mol. The molecule has 168 valence electrons. The van der Waals surface area contributed by atoms with Gasteiger partial charge in [-0.25, -0.2) is 0 Å². The van der Waals surface area contributed by atoms with Gasteiger partial charge in [-0.3, -0.25) is 14.5 Å². The molecule has 1 aliphatic rings. The molecule has 1 heterocycles. The number of hydrogen-bond donors (Lipinski definition) is 1. The Balaban J connectivity index is 1.72. The van der Waals surface area contributed by atoms with E-state index in [0.717, 1.165) is 11.3 Å². The van der Waals surface area contributed by atoms with E-state index in [1.165, 1.54) is 4.90 Å². The van der Waals surface area contributed by atoms with Crippen LogP contribution in [0.15, 0.2) is 78.5 Å². The van der Waals surface area contributed by atoms with Gasteiger partial charge in [-0.15, -0.1) is 0 Å². The van der Waals surface area contributed by atoms with E-state index in [-0.39, 0.29) is 18.1 Å². The summed E-state index contributed by atoms with van der Waals surface area (Å²) in [5, 5.41) is 3.73. The summed E-state index contributed by atoms with van der Waals surface area (Å²) in [6.07, 6.45) is 0. The van der Waals surface area contributed by atoms with Crippen LogP contribution in [-0.2, 0) is 16.1 Å². The Kier molecular flexibility index (Phi) is 6.38. The standard InChI is InChI=1S/C26H24ClN3O3/c1-29(2)21-14-12-20(13-15-21)28-24-23(17-8-10-19(27)11-9-17)25(31)30(26(24)32)16-18-6-4-5-7-22(18)33-3/h4-15,28H,16H2,1-3H3. The minimum atomic E-state index is -0.396. The summed E-state index contributed by atoms with van der Waals surface area (Å²) in [6, 6.07) is 21.9. The van der Waals surface area contributed by atoms with Gasteiger partial charge in [-0.05, 0) is 48.0 Å². The molecule has 0 radical (unpaired) electrons. The molecule has 3 aromatic rings. The molecule has 0 atom stereocenters. The molecule has 0 aliphatic carbocycles. The van der Waals surface area contributed by atoms with Crippen molar-refractivity contribution in [2.75, 3.05) is 31.4 Å². The summed E-state index contributed by atoms with van der Waals surface area (Å²) in [5.74, 6) is -0.153. The Morgan fingerprint density at radius 3 is 2.21 bits per heavy atom. The van der Waals surface area contributed by atoms with E-state index in [1.54, 1.807) is 37.4 Å². The zero-order valence-electron chi connectivity index (χ0n) is 18.6. The highest BCUT2D eigenvalue weighted by atomic mass is 35.5. The van der Waals surface area contributed by atoms with Crippen LogP contribution in [0.2, 0.25) is 5.02 Å². The minimum Gasteiger partial charge on any atom is -0.496 e. The normalized spacial score (nSPS) is 13.5. The van der Waals surface area contributed by atoms with E-state index in [2.05, 4.69) is 5.32 Å². The molecule has 0 spiro atoms. The Hall–Kier alpha value is -3.77. The third-order valence-corrected chi connectivity index (χ3v) is 5.73. The average Bonchev–Trinajstić information content (AvgIpc) is 3.04. The van der Waals surface area contributed by atoms with Gasteiger partial charge >= 0.3 is 0 Å². The van der Waals surface area contributed by atoms with Crippen LogP contribution >= 0.6 is 11.6 Å². The number of carbonyl (C=O) groups excluding carboxylic acids is 2. The first-order chi connectivity index (χ1) is 15.9. The first kappa shape index (κ1) is 22.4. The van der Waals surface area contributed by atoms with E-state index < -0.39 is 5.91 Å². The summed E-state index contributed by atoms with van der Waals surface area (Å²) in [6.45, 7) is 0.101. The van der Waals surface area contributed by atoms with Crippen molar-refractivity contribution in [3.63, 3.8) is 0 Å². The number of anilines is 2. The summed E-state index contributed by atoms with van der Waals surface area (Å²) < 4.78 is 5.41. The summed E-state index contributed by atoms with van der Waals surface area (Å²) >= 11 is 6.05. The molecule has 0 fully saturated rings. The van der Waals surface area contributed by atoms with Crippen molar-refractivity contribution in [3.8, 4) is 5.75 Å². The number of nitrogens with zero attached hydrogens (tertiary/aromatic N) is 2. The first-order valence-corrected chi connectivity index (χ1v) is 10.8. The first-order valence-electron chi connectivity index (χ1n) is 10.4. The number of imide groups is 1. The molecule has 4 rings (SSSR count). The molecule has 3 aromatic carbocycles. The van der Waals surface area contributed by atoms with Crippen LogP contribution in [0.1, 0.15) is 11.1 Å². The third kappa shape index (κ3) is 4.56. The third-order valence-electron chi connectivity index (χ3n) is 5.47. The van der Waals surface area contributed by atoms with Gasteiger partial charge in [0.15, 0.2) is 0 Å². The predicted octanol–water partition coefficient (Wildman–Crippen LogP) is 4.81. The Labute approximate surface area is 198 Å². The number of ether oxygens (including phenoxy) is 1. The number of benzene rings is 3. The van der Waals surface area contributed by atoms with Gasteiger partial charge in [0.1, 0.15) is 11.4 Å². The number of hydrogen-bond acceptors (Lipinski definition) is 5. The summed E-state index contributed by atoms with van der Waals surface area (Å²) in [5.41, 5.74) is 3.64. The SMILES string of the molecule is COc1ccccc1CN1C(=O)C(Nc2ccc(N(C)C)cc2)=C(c2ccc(Cl)cc2)C1=O. The van der Waals surface area contributed by atoms with Crippen molar-refractivity contribution in [2.45, 2.75) is 6.54 Å². The maximum atomic E-state index is 13.5. The van der Waals surface area contributed by atoms with E-state index >= 15 is 0 Å². The van der Waals surface area contributed by atoms with Gasteiger partial charge in [-0.2, -0.15) is 0 Å². The molecule has 0 bridgehead atoms. The van der Waals surface area contributed by atoms with Gasteiger partial charge in [-0.1, -0.05) is 41.9 Å². The molecular weight excluding hydrogens is 438 g/mol. The fourth-order valence-corrected chi connectivity index (χ4v) is 3.84. The van der Waals surface area contributed by atoms with Gasteiger partial charge < -0.3 is 15.0 Å². The number of nitrogens with one attached hydrogen (secondary N) is 1. The molecule has 0 aromatic heterocycles. The zero-order valence-corrected chi connectivity index (χ0v) is 19.4. The number of methoxy groups -OCH3 is 1. The van der Waals surface area contributed by atoms with Crippen molar-refractivity contribution in [2.24, 2.45) is 0 Å². The lowest BCUT2D eigenvalue weighted by atomic mass is 10.0. The molecule has 1 aliphatic heterocycles. The lowest BCUT2D eigenvalue weighted by Crippen LogP contribution is -2.32. The maximum absolute atomic E-state index is 13.5. The zero-order chi connectivity index (χ0) is 23.5. The van der Waals surface area contributed by atoms with Crippen LogP contribution in [0.4, 0.5) is 11.4 Å². The van der Waals surface area contributed by atoms with Gasteiger partial charge in [0.25, 0.3) is 11.8 Å². The van der Waals surface area contributed by atoms with Gasteiger partial charge in [0.05, 0.1) is 19.2 Å².